The molecule has 1 rings (SSSR count). The molecule has 1 aromatic heterocycles. The second-order valence-corrected chi connectivity index (χ2v) is 5.14. The van der Waals surface area contributed by atoms with E-state index in [0.717, 1.165) is 0 Å². The number of hydrogen-bond donors (Lipinski definition) is 2. The molecule has 2 N–H and O–H groups in total. The molecule has 5 heteroatoms. The molecule has 0 saturated heterocycles. The van der Waals surface area contributed by atoms with Crippen LogP contribution in [-0.2, 0) is 0 Å². The van der Waals surface area contributed by atoms with E-state index in [1.165, 1.54) is 0 Å². The SMILES string of the molecule is CC(C)c1nc(Cl)cc(NC(C)(C)CO)n1. The highest BCUT2D eigenvalue weighted by atomic mass is 35.5. The van der Waals surface area contributed by atoms with Crippen LogP contribution in [-0.4, -0.2) is 27.2 Å². The average molecular weight is 244 g/mol. The van der Waals surface area contributed by atoms with Gasteiger partial charge < -0.3 is 10.4 Å². The number of aromatic nitrogens is 2. The molecule has 16 heavy (non-hydrogen) atoms. The fourth-order valence-corrected chi connectivity index (χ4v) is 1.33. The van der Waals surface area contributed by atoms with E-state index in [1.54, 1.807) is 6.07 Å². The lowest BCUT2D eigenvalue weighted by molar-refractivity contribution is 0.234. The van der Waals surface area contributed by atoms with Crippen LogP contribution in [0.1, 0.15) is 39.4 Å². The van der Waals surface area contributed by atoms with Gasteiger partial charge in [0.15, 0.2) is 0 Å². The molecule has 0 aliphatic rings. The van der Waals surface area contributed by atoms with E-state index in [4.69, 9.17) is 16.7 Å². The maximum Gasteiger partial charge on any atom is 0.135 e. The van der Waals surface area contributed by atoms with E-state index < -0.39 is 5.54 Å². The lowest BCUT2D eigenvalue weighted by Crippen LogP contribution is -2.35. The Morgan fingerprint density at radius 2 is 2.06 bits per heavy atom. The van der Waals surface area contributed by atoms with Crippen molar-refractivity contribution in [2.24, 2.45) is 0 Å². The van der Waals surface area contributed by atoms with Gasteiger partial charge in [-0.05, 0) is 13.8 Å². The number of halogens is 1. The van der Waals surface area contributed by atoms with Gasteiger partial charge in [-0.3, -0.25) is 0 Å². The molecule has 0 aliphatic carbocycles. The molecular weight excluding hydrogens is 226 g/mol. The summed E-state index contributed by atoms with van der Waals surface area (Å²) < 4.78 is 0. The summed E-state index contributed by atoms with van der Waals surface area (Å²) in [4.78, 5) is 8.49. The smallest absolute Gasteiger partial charge is 0.135 e. The molecule has 0 atom stereocenters. The molecule has 0 spiro atoms. The number of anilines is 1. The third-order valence-corrected chi connectivity index (χ3v) is 2.28. The molecule has 0 fully saturated rings. The zero-order chi connectivity index (χ0) is 12.3. The van der Waals surface area contributed by atoms with Crippen LogP contribution < -0.4 is 5.32 Å². The third-order valence-electron chi connectivity index (χ3n) is 2.09. The van der Waals surface area contributed by atoms with Crippen molar-refractivity contribution in [3.8, 4) is 0 Å². The highest BCUT2D eigenvalue weighted by Gasteiger charge is 2.17. The van der Waals surface area contributed by atoms with Crippen LogP contribution in [0.15, 0.2) is 6.07 Å². The molecule has 1 aromatic rings. The van der Waals surface area contributed by atoms with Crippen molar-refractivity contribution in [1.82, 2.24) is 9.97 Å². The van der Waals surface area contributed by atoms with Gasteiger partial charge in [0.2, 0.25) is 0 Å². The molecule has 0 radical (unpaired) electrons. The Hall–Kier alpha value is -0.870. The first-order valence-electron chi connectivity index (χ1n) is 5.27. The number of aliphatic hydroxyl groups is 1. The maximum atomic E-state index is 9.16. The van der Waals surface area contributed by atoms with E-state index >= 15 is 0 Å². The van der Waals surface area contributed by atoms with E-state index in [9.17, 15) is 0 Å². The zero-order valence-electron chi connectivity index (χ0n) is 10.1. The Kier molecular flexibility index (Phi) is 4.10. The van der Waals surface area contributed by atoms with Gasteiger partial charge in [0.05, 0.1) is 12.1 Å². The Labute approximate surface area is 101 Å². The van der Waals surface area contributed by atoms with Crippen molar-refractivity contribution in [1.29, 1.82) is 0 Å². The number of aliphatic hydroxyl groups excluding tert-OH is 1. The fourth-order valence-electron chi connectivity index (χ4n) is 1.14. The summed E-state index contributed by atoms with van der Waals surface area (Å²) in [5.74, 6) is 1.56. The first-order valence-corrected chi connectivity index (χ1v) is 5.65. The molecule has 0 bridgehead atoms. The van der Waals surface area contributed by atoms with Gasteiger partial charge in [-0.1, -0.05) is 25.4 Å². The highest BCUT2D eigenvalue weighted by molar-refractivity contribution is 6.29. The van der Waals surface area contributed by atoms with Crippen LogP contribution in [0.4, 0.5) is 5.82 Å². The summed E-state index contributed by atoms with van der Waals surface area (Å²) >= 11 is 5.91. The Balaban J connectivity index is 2.97. The fraction of sp³-hybridized carbons (Fsp3) is 0.636. The Morgan fingerprint density at radius 1 is 1.44 bits per heavy atom. The summed E-state index contributed by atoms with van der Waals surface area (Å²) in [6.07, 6.45) is 0. The molecule has 0 aromatic carbocycles. The largest absolute Gasteiger partial charge is 0.394 e. The number of nitrogens with one attached hydrogen (secondary N) is 1. The van der Waals surface area contributed by atoms with E-state index in [0.29, 0.717) is 16.8 Å². The van der Waals surface area contributed by atoms with Gasteiger partial charge in [0.1, 0.15) is 16.8 Å². The molecule has 0 amide bonds. The van der Waals surface area contributed by atoms with Crippen molar-refractivity contribution in [3.05, 3.63) is 17.0 Å². The summed E-state index contributed by atoms with van der Waals surface area (Å²) in [6.45, 7) is 7.81. The minimum Gasteiger partial charge on any atom is -0.394 e. The van der Waals surface area contributed by atoms with Gasteiger partial charge in [-0.25, -0.2) is 9.97 Å². The van der Waals surface area contributed by atoms with Gasteiger partial charge in [0, 0.05) is 12.0 Å². The van der Waals surface area contributed by atoms with Gasteiger partial charge in [-0.15, -0.1) is 0 Å². The predicted octanol–water partition coefficient (Wildman–Crippen LogP) is 2.44. The van der Waals surface area contributed by atoms with Crippen LogP contribution in [0.3, 0.4) is 0 Å². The predicted molar refractivity (Wildman–Crippen MR) is 65.9 cm³/mol. The highest BCUT2D eigenvalue weighted by Crippen LogP contribution is 2.19. The Morgan fingerprint density at radius 3 is 2.56 bits per heavy atom. The minimum atomic E-state index is -0.425. The van der Waals surface area contributed by atoms with E-state index in [2.05, 4.69) is 15.3 Å². The second kappa shape index (κ2) is 4.97. The zero-order valence-corrected chi connectivity index (χ0v) is 10.8. The van der Waals surface area contributed by atoms with Crippen LogP contribution >= 0.6 is 11.6 Å². The lowest BCUT2D eigenvalue weighted by atomic mass is 10.1. The van der Waals surface area contributed by atoms with Gasteiger partial charge in [-0.2, -0.15) is 0 Å². The number of hydrogen-bond acceptors (Lipinski definition) is 4. The lowest BCUT2D eigenvalue weighted by Gasteiger charge is -2.24. The van der Waals surface area contributed by atoms with E-state index in [-0.39, 0.29) is 12.5 Å². The standard InChI is InChI=1S/C11H18ClN3O/c1-7(2)10-13-8(12)5-9(14-10)15-11(3,4)6-16/h5,7,16H,6H2,1-4H3,(H,13,14,15). The second-order valence-electron chi connectivity index (χ2n) is 4.76. The molecule has 90 valence electrons. The third kappa shape index (κ3) is 3.61. The van der Waals surface area contributed by atoms with Crippen LogP contribution in [0.5, 0.6) is 0 Å². The molecule has 0 unspecified atom stereocenters. The molecule has 1 heterocycles. The maximum absolute atomic E-state index is 9.16. The summed E-state index contributed by atoms with van der Waals surface area (Å²) in [5.41, 5.74) is -0.425. The number of rotatable bonds is 4. The summed E-state index contributed by atoms with van der Waals surface area (Å²) in [7, 11) is 0. The molecule has 4 nitrogen and oxygen atoms in total. The van der Waals surface area contributed by atoms with Crippen LogP contribution in [0, 0.1) is 0 Å². The quantitative estimate of drug-likeness (QED) is 0.798. The first-order chi connectivity index (χ1) is 7.34. The number of nitrogens with zero attached hydrogens (tertiary/aromatic N) is 2. The topological polar surface area (TPSA) is 58.0 Å². The normalized spacial score (nSPS) is 11.9. The van der Waals surface area contributed by atoms with Crippen molar-refractivity contribution in [2.75, 3.05) is 11.9 Å². The summed E-state index contributed by atoms with van der Waals surface area (Å²) in [5, 5.41) is 12.7. The molecule has 0 aliphatic heterocycles. The van der Waals surface area contributed by atoms with Crippen LogP contribution in [0.25, 0.3) is 0 Å². The van der Waals surface area contributed by atoms with Gasteiger partial charge in [0.25, 0.3) is 0 Å². The Bertz CT molecular complexity index is 366. The van der Waals surface area contributed by atoms with E-state index in [1.807, 2.05) is 27.7 Å². The van der Waals surface area contributed by atoms with Crippen molar-refractivity contribution < 1.29 is 5.11 Å². The average Bonchev–Trinajstić information content (AvgIpc) is 2.16. The first kappa shape index (κ1) is 13.2. The molecule has 0 saturated carbocycles. The monoisotopic (exact) mass is 243 g/mol. The minimum absolute atomic E-state index is 0.0195. The van der Waals surface area contributed by atoms with Gasteiger partial charge >= 0.3 is 0 Å². The molecular formula is C11H18ClN3O. The summed E-state index contributed by atoms with van der Waals surface area (Å²) in [6, 6.07) is 1.66. The van der Waals surface area contributed by atoms with Crippen molar-refractivity contribution in [3.63, 3.8) is 0 Å². The van der Waals surface area contributed by atoms with Crippen molar-refractivity contribution in [2.45, 2.75) is 39.2 Å². The van der Waals surface area contributed by atoms with Crippen LogP contribution in [0.2, 0.25) is 5.15 Å². The van der Waals surface area contributed by atoms with Crippen molar-refractivity contribution >= 4 is 17.4 Å².